The first-order valence-corrected chi connectivity index (χ1v) is 6.18. The molecule has 18 heavy (non-hydrogen) atoms. The molecule has 5 heteroatoms. The van der Waals surface area contributed by atoms with Crippen molar-refractivity contribution >= 4 is 15.9 Å². The molecule has 2 rings (SSSR count). The molecule has 0 atom stereocenters. The summed E-state index contributed by atoms with van der Waals surface area (Å²) < 4.78 is 20.0. The molecular formula is C13H12BrFN2O. The number of pyridine rings is 1. The van der Waals surface area contributed by atoms with E-state index in [1.54, 1.807) is 24.4 Å². The highest BCUT2D eigenvalue weighted by Crippen LogP contribution is 2.27. The van der Waals surface area contributed by atoms with Gasteiger partial charge in [-0.2, -0.15) is 0 Å². The Morgan fingerprint density at radius 2 is 2.22 bits per heavy atom. The maximum absolute atomic E-state index is 13.5. The average molecular weight is 311 g/mol. The second kappa shape index (κ2) is 5.46. The van der Waals surface area contributed by atoms with E-state index in [2.05, 4.69) is 20.9 Å². The molecule has 0 amide bonds. The smallest absolute Gasteiger partial charge is 0.219 e. The van der Waals surface area contributed by atoms with Crippen molar-refractivity contribution in [3.63, 3.8) is 0 Å². The van der Waals surface area contributed by atoms with E-state index in [1.165, 1.54) is 6.07 Å². The standard InChI is InChI=1S/C13H12BrFN2O/c1-8-5-13(17-7-10(8)14)18-12-4-2-3-11(15)9(12)6-16/h2-5,7H,6,16H2,1H3. The summed E-state index contributed by atoms with van der Waals surface area (Å²) in [7, 11) is 0. The summed E-state index contributed by atoms with van der Waals surface area (Å²) in [5.41, 5.74) is 6.85. The molecule has 1 heterocycles. The predicted octanol–water partition coefficient (Wildman–Crippen LogP) is 3.54. The van der Waals surface area contributed by atoms with Gasteiger partial charge < -0.3 is 10.5 Å². The zero-order valence-corrected chi connectivity index (χ0v) is 11.4. The van der Waals surface area contributed by atoms with Crippen molar-refractivity contribution < 1.29 is 9.13 Å². The van der Waals surface area contributed by atoms with Crippen LogP contribution in [0.4, 0.5) is 4.39 Å². The van der Waals surface area contributed by atoms with Gasteiger partial charge in [0.2, 0.25) is 5.88 Å². The number of nitrogens with zero attached hydrogens (tertiary/aromatic N) is 1. The molecule has 2 aromatic rings. The number of nitrogens with two attached hydrogens (primary N) is 1. The van der Waals surface area contributed by atoms with Crippen LogP contribution in [0.3, 0.4) is 0 Å². The van der Waals surface area contributed by atoms with Crippen LogP contribution in [0.5, 0.6) is 11.6 Å². The van der Waals surface area contributed by atoms with E-state index in [0.29, 0.717) is 17.2 Å². The monoisotopic (exact) mass is 310 g/mol. The number of rotatable bonds is 3. The second-order valence-electron chi connectivity index (χ2n) is 3.79. The third-order valence-electron chi connectivity index (χ3n) is 2.52. The Balaban J connectivity index is 2.34. The van der Waals surface area contributed by atoms with Crippen LogP contribution >= 0.6 is 15.9 Å². The van der Waals surface area contributed by atoms with E-state index in [4.69, 9.17) is 10.5 Å². The van der Waals surface area contributed by atoms with Crippen LogP contribution < -0.4 is 10.5 Å². The fourth-order valence-electron chi connectivity index (χ4n) is 1.51. The Morgan fingerprint density at radius 3 is 2.89 bits per heavy atom. The first-order chi connectivity index (χ1) is 8.61. The zero-order valence-electron chi connectivity index (χ0n) is 9.78. The van der Waals surface area contributed by atoms with Gasteiger partial charge in [0, 0.05) is 28.8 Å². The highest BCUT2D eigenvalue weighted by atomic mass is 79.9. The van der Waals surface area contributed by atoms with Crippen LogP contribution in [0.25, 0.3) is 0 Å². The Labute approximate surface area is 113 Å². The molecule has 0 fully saturated rings. The minimum absolute atomic E-state index is 0.0809. The number of halogens is 2. The van der Waals surface area contributed by atoms with Gasteiger partial charge in [-0.05, 0) is 40.5 Å². The van der Waals surface area contributed by atoms with Gasteiger partial charge in [0.05, 0.1) is 0 Å². The number of aromatic nitrogens is 1. The van der Waals surface area contributed by atoms with Crippen molar-refractivity contribution in [2.75, 3.05) is 0 Å². The van der Waals surface area contributed by atoms with Crippen LogP contribution in [0, 0.1) is 12.7 Å². The van der Waals surface area contributed by atoms with Gasteiger partial charge in [-0.1, -0.05) is 6.07 Å². The number of ether oxygens (including phenoxy) is 1. The molecule has 0 aliphatic rings. The van der Waals surface area contributed by atoms with Crippen molar-refractivity contribution in [2.45, 2.75) is 13.5 Å². The Kier molecular flexibility index (Phi) is 3.93. The summed E-state index contributed by atoms with van der Waals surface area (Å²) >= 11 is 3.36. The van der Waals surface area contributed by atoms with E-state index in [0.717, 1.165) is 10.0 Å². The third kappa shape index (κ3) is 2.68. The predicted molar refractivity (Wildman–Crippen MR) is 71.0 cm³/mol. The van der Waals surface area contributed by atoms with Crippen molar-refractivity contribution in [3.8, 4) is 11.6 Å². The van der Waals surface area contributed by atoms with Crippen molar-refractivity contribution in [3.05, 3.63) is 51.9 Å². The maximum atomic E-state index is 13.5. The topological polar surface area (TPSA) is 48.1 Å². The van der Waals surface area contributed by atoms with E-state index in [1.807, 2.05) is 6.92 Å². The Bertz CT molecular complexity index is 575. The third-order valence-corrected chi connectivity index (χ3v) is 3.35. The molecule has 0 unspecified atom stereocenters. The molecule has 0 saturated heterocycles. The normalized spacial score (nSPS) is 10.4. The zero-order chi connectivity index (χ0) is 13.1. The van der Waals surface area contributed by atoms with Crippen LogP contribution in [-0.2, 0) is 6.54 Å². The molecular weight excluding hydrogens is 299 g/mol. The fourth-order valence-corrected chi connectivity index (χ4v) is 1.73. The van der Waals surface area contributed by atoms with E-state index >= 15 is 0 Å². The lowest BCUT2D eigenvalue weighted by molar-refractivity contribution is 0.449. The first-order valence-electron chi connectivity index (χ1n) is 5.39. The molecule has 1 aromatic carbocycles. The molecule has 0 bridgehead atoms. The van der Waals surface area contributed by atoms with E-state index in [-0.39, 0.29) is 12.4 Å². The number of hydrogen-bond donors (Lipinski definition) is 1. The first kappa shape index (κ1) is 13.0. The van der Waals surface area contributed by atoms with Gasteiger partial charge in [0.1, 0.15) is 11.6 Å². The minimum Gasteiger partial charge on any atom is -0.439 e. The van der Waals surface area contributed by atoms with Crippen molar-refractivity contribution in [2.24, 2.45) is 5.73 Å². The lowest BCUT2D eigenvalue weighted by atomic mass is 10.2. The highest BCUT2D eigenvalue weighted by molar-refractivity contribution is 9.10. The minimum atomic E-state index is -0.371. The molecule has 94 valence electrons. The molecule has 1 aromatic heterocycles. The molecule has 0 aliphatic carbocycles. The van der Waals surface area contributed by atoms with Gasteiger partial charge in [-0.15, -0.1) is 0 Å². The quantitative estimate of drug-likeness (QED) is 0.943. The SMILES string of the molecule is Cc1cc(Oc2cccc(F)c2CN)ncc1Br. The maximum Gasteiger partial charge on any atom is 0.219 e. The van der Waals surface area contributed by atoms with Gasteiger partial charge in [0.25, 0.3) is 0 Å². The largest absolute Gasteiger partial charge is 0.439 e. The van der Waals surface area contributed by atoms with Gasteiger partial charge in [-0.25, -0.2) is 9.37 Å². The lowest BCUT2D eigenvalue weighted by Gasteiger charge is -2.10. The van der Waals surface area contributed by atoms with Crippen LogP contribution in [0.2, 0.25) is 0 Å². The number of aryl methyl sites for hydroxylation is 1. The van der Waals surface area contributed by atoms with Crippen LogP contribution in [0.15, 0.2) is 34.9 Å². The molecule has 3 nitrogen and oxygen atoms in total. The number of hydrogen-bond acceptors (Lipinski definition) is 3. The van der Waals surface area contributed by atoms with Crippen LogP contribution in [0.1, 0.15) is 11.1 Å². The second-order valence-corrected chi connectivity index (χ2v) is 4.65. The summed E-state index contributed by atoms with van der Waals surface area (Å²) in [6.45, 7) is 2.01. The summed E-state index contributed by atoms with van der Waals surface area (Å²) in [6, 6.07) is 6.38. The summed E-state index contributed by atoms with van der Waals surface area (Å²) in [6.07, 6.45) is 1.64. The Hall–Kier alpha value is -1.46. The van der Waals surface area contributed by atoms with E-state index in [9.17, 15) is 4.39 Å². The molecule has 2 N–H and O–H groups in total. The summed E-state index contributed by atoms with van der Waals surface area (Å²) in [5, 5.41) is 0. The van der Waals surface area contributed by atoms with Gasteiger partial charge in [0.15, 0.2) is 0 Å². The van der Waals surface area contributed by atoms with Crippen molar-refractivity contribution in [1.82, 2.24) is 4.98 Å². The summed E-state index contributed by atoms with van der Waals surface area (Å²) in [4.78, 5) is 4.11. The Morgan fingerprint density at radius 1 is 1.44 bits per heavy atom. The van der Waals surface area contributed by atoms with Crippen LogP contribution in [-0.4, -0.2) is 4.98 Å². The van der Waals surface area contributed by atoms with E-state index < -0.39 is 0 Å². The molecule has 0 saturated carbocycles. The molecule has 0 aliphatic heterocycles. The lowest BCUT2D eigenvalue weighted by Crippen LogP contribution is -2.03. The molecule has 0 radical (unpaired) electrons. The molecule has 0 spiro atoms. The average Bonchev–Trinajstić information content (AvgIpc) is 2.34. The van der Waals surface area contributed by atoms with Gasteiger partial charge in [-0.3, -0.25) is 0 Å². The fraction of sp³-hybridized carbons (Fsp3) is 0.154. The van der Waals surface area contributed by atoms with Gasteiger partial charge >= 0.3 is 0 Å². The number of benzene rings is 1. The van der Waals surface area contributed by atoms with Crippen molar-refractivity contribution in [1.29, 1.82) is 0 Å². The highest BCUT2D eigenvalue weighted by Gasteiger charge is 2.09. The summed E-state index contributed by atoms with van der Waals surface area (Å²) in [5.74, 6) is 0.437.